The average Bonchev–Trinajstić information content (AvgIpc) is 2.54. The molecule has 0 fully saturated rings. The lowest BCUT2D eigenvalue weighted by molar-refractivity contribution is -0.116. The van der Waals surface area contributed by atoms with E-state index >= 15 is 0 Å². The second-order valence-corrected chi connectivity index (χ2v) is 5.98. The Bertz CT molecular complexity index is 863. The summed E-state index contributed by atoms with van der Waals surface area (Å²) in [6, 6.07) is 3.96. The van der Waals surface area contributed by atoms with Crippen molar-refractivity contribution in [2.75, 3.05) is 10.6 Å². The zero-order chi connectivity index (χ0) is 16.7. The molecule has 0 unspecified atom stereocenters. The number of aromatic nitrogens is 2. The lowest BCUT2D eigenvalue weighted by Gasteiger charge is -2.21. The highest BCUT2D eigenvalue weighted by atomic mass is 16.5. The lowest BCUT2D eigenvalue weighted by Crippen LogP contribution is -2.23. The maximum Gasteiger partial charge on any atom is 0.413 e. The summed E-state index contributed by atoms with van der Waals surface area (Å²) >= 11 is 0. The number of hydrogen-bond acceptors (Lipinski definition) is 5. The topological polar surface area (TPSA) is 93.2 Å². The van der Waals surface area contributed by atoms with Gasteiger partial charge in [0.25, 0.3) is 0 Å². The minimum absolute atomic E-state index is 0.00221. The number of carbonyl (C=O) groups is 2. The third-order valence-corrected chi connectivity index (χ3v) is 4.35. The second kappa shape index (κ2) is 5.59. The summed E-state index contributed by atoms with van der Waals surface area (Å²) in [6.07, 6.45) is 2.98. The van der Waals surface area contributed by atoms with E-state index in [-0.39, 0.29) is 12.5 Å². The molecule has 0 saturated heterocycles. The summed E-state index contributed by atoms with van der Waals surface area (Å²) in [4.78, 5) is 31.7. The highest BCUT2D eigenvalue weighted by Crippen LogP contribution is 2.28. The van der Waals surface area contributed by atoms with E-state index in [1.165, 1.54) is 0 Å². The Morgan fingerprint density at radius 3 is 2.92 bits per heavy atom. The molecule has 2 aliphatic heterocycles. The summed E-state index contributed by atoms with van der Waals surface area (Å²) in [6.45, 7) is 2.23. The van der Waals surface area contributed by atoms with Crippen LogP contribution < -0.4 is 10.6 Å². The molecule has 2 aromatic rings. The van der Waals surface area contributed by atoms with Crippen molar-refractivity contribution < 1.29 is 14.3 Å². The molecule has 24 heavy (non-hydrogen) atoms. The molecule has 0 spiro atoms. The molecule has 2 aromatic heterocycles. The van der Waals surface area contributed by atoms with Gasteiger partial charge in [0, 0.05) is 30.3 Å². The quantitative estimate of drug-likeness (QED) is 0.884. The van der Waals surface area contributed by atoms with E-state index in [9.17, 15) is 9.59 Å². The predicted octanol–water partition coefficient (Wildman–Crippen LogP) is 2.32. The van der Waals surface area contributed by atoms with Gasteiger partial charge < -0.3 is 10.1 Å². The minimum atomic E-state index is -0.476. The summed E-state index contributed by atoms with van der Waals surface area (Å²) < 4.78 is 4.99. The van der Waals surface area contributed by atoms with Crippen molar-refractivity contribution in [1.82, 2.24) is 9.97 Å². The van der Waals surface area contributed by atoms with Gasteiger partial charge in [0.1, 0.15) is 18.2 Å². The lowest BCUT2D eigenvalue weighted by atomic mass is 9.97. The molecule has 4 heterocycles. The van der Waals surface area contributed by atoms with Crippen molar-refractivity contribution in [3.63, 3.8) is 0 Å². The first kappa shape index (κ1) is 14.6. The molecule has 7 heteroatoms. The highest BCUT2D eigenvalue weighted by Gasteiger charge is 2.22. The Labute approximate surface area is 138 Å². The van der Waals surface area contributed by atoms with Crippen molar-refractivity contribution in [2.24, 2.45) is 0 Å². The monoisotopic (exact) mass is 324 g/mol. The Hall–Kier alpha value is -2.96. The first-order chi connectivity index (χ1) is 11.6. The van der Waals surface area contributed by atoms with Gasteiger partial charge >= 0.3 is 6.09 Å². The van der Waals surface area contributed by atoms with Crippen LogP contribution in [0.2, 0.25) is 0 Å². The molecule has 7 nitrogen and oxygen atoms in total. The molecule has 0 radical (unpaired) electrons. The van der Waals surface area contributed by atoms with Crippen molar-refractivity contribution in [3.8, 4) is 0 Å². The smallest absolute Gasteiger partial charge is 0.413 e. The number of aryl methyl sites for hydroxylation is 1. The molecule has 0 atom stereocenters. The zero-order valence-electron chi connectivity index (χ0n) is 13.2. The number of anilines is 2. The maximum atomic E-state index is 11.5. The number of cyclic esters (lactones) is 1. The fourth-order valence-electron chi connectivity index (χ4n) is 3.13. The molecule has 0 aromatic carbocycles. The number of carbonyl (C=O) groups excluding carboxylic acids is 2. The van der Waals surface area contributed by atoms with E-state index in [0.29, 0.717) is 30.9 Å². The van der Waals surface area contributed by atoms with Crippen molar-refractivity contribution in [1.29, 1.82) is 0 Å². The van der Waals surface area contributed by atoms with Crippen LogP contribution in [0.4, 0.5) is 16.4 Å². The Morgan fingerprint density at radius 2 is 2.04 bits per heavy atom. The van der Waals surface area contributed by atoms with Crippen LogP contribution in [0.25, 0.3) is 0 Å². The molecule has 0 bridgehead atoms. The first-order valence-corrected chi connectivity index (χ1v) is 7.80. The van der Waals surface area contributed by atoms with Gasteiger partial charge in [-0.15, -0.1) is 0 Å². The molecule has 2 N–H and O–H groups in total. The van der Waals surface area contributed by atoms with Crippen LogP contribution in [-0.2, 0) is 29.0 Å². The number of pyridine rings is 2. The third-order valence-electron chi connectivity index (χ3n) is 4.35. The molecule has 122 valence electrons. The normalized spacial score (nSPS) is 15.7. The van der Waals surface area contributed by atoms with Crippen molar-refractivity contribution in [3.05, 3.63) is 46.3 Å². The van der Waals surface area contributed by atoms with E-state index in [2.05, 4.69) is 20.6 Å². The van der Waals surface area contributed by atoms with Gasteiger partial charge in [-0.25, -0.2) is 14.8 Å². The van der Waals surface area contributed by atoms with Gasteiger partial charge in [0.2, 0.25) is 5.91 Å². The molecule has 0 aliphatic carbocycles. The predicted molar refractivity (Wildman–Crippen MR) is 86.8 cm³/mol. The second-order valence-electron chi connectivity index (χ2n) is 5.98. The third kappa shape index (κ3) is 2.58. The zero-order valence-corrected chi connectivity index (χ0v) is 13.2. The summed E-state index contributed by atoms with van der Waals surface area (Å²) in [7, 11) is 0. The van der Waals surface area contributed by atoms with Crippen molar-refractivity contribution >= 4 is 23.6 Å². The number of hydrogen-bond donors (Lipinski definition) is 2. The molecule has 2 aliphatic rings. The number of rotatable bonds is 2. The summed E-state index contributed by atoms with van der Waals surface area (Å²) in [5, 5.41) is 5.46. The molecule has 2 amide bonds. The molecule has 0 saturated carbocycles. The average molecular weight is 324 g/mol. The van der Waals surface area contributed by atoms with Crippen LogP contribution in [-0.4, -0.2) is 22.0 Å². The SMILES string of the molecule is Cc1cc(Cc2ccnc3c2CCC(=O)N3)nc2c1COC(=O)N2. The van der Waals surface area contributed by atoms with Gasteiger partial charge in [0.15, 0.2) is 0 Å². The molecular formula is C17H16N4O3. The number of fused-ring (bicyclic) bond motifs is 2. The van der Waals surface area contributed by atoms with E-state index in [1.54, 1.807) is 6.20 Å². The van der Waals surface area contributed by atoms with Gasteiger partial charge in [0.05, 0.1) is 0 Å². The number of ether oxygens (including phenoxy) is 1. The first-order valence-electron chi connectivity index (χ1n) is 7.80. The maximum absolute atomic E-state index is 11.5. The van der Waals surface area contributed by atoms with E-state index < -0.39 is 6.09 Å². The largest absolute Gasteiger partial charge is 0.444 e. The van der Waals surface area contributed by atoms with Gasteiger partial charge in [-0.05, 0) is 42.2 Å². The van der Waals surface area contributed by atoms with Gasteiger partial charge in [-0.3, -0.25) is 10.1 Å². The van der Waals surface area contributed by atoms with E-state index in [1.807, 2.05) is 19.1 Å². The van der Waals surface area contributed by atoms with Crippen LogP contribution in [0.15, 0.2) is 18.3 Å². The molecular weight excluding hydrogens is 308 g/mol. The van der Waals surface area contributed by atoms with Crippen LogP contribution in [0.5, 0.6) is 0 Å². The minimum Gasteiger partial charge on any atom is -0.444 e. The van der Waals surface area contributed by atoms with Crippen LogP contribution in [0.3, 0.4) is 0 Å². The summed E-state index contributed by atoms with van der Waals surface area (Å²) in [5.74, 6) is 1.20. The molecule has 4 rings (SSSR count). The highest BCUT2D eigenvalue weighted by molar-refractivity contribution is 5.93. The number of nitrogens with one attached hydrogen (secondary N) is 2. The van der Waals surface area contributed by atoms with Crippen LogP contribution in [0, 0.1) is 6.92 Å². The summed E-state index contributed by atoms with van der Waals surface area (Å²) in [5.41, 5.74) is 4.94. The van der Waals surface area contributed by atoms with E-state index in [4.69, 9.17) is 4.74 Å². The Morgan fingerprint density at radius 1 is 1.17 bits per heavy atom. The van der Waals surface area contributed by atoms with Gasteiger partial charge in [-0.1, -0.05) is 0 Å². The van der Waals surface area contributed by atoms with Crippen LogP contribution in [0.1, 0.15) is 34.4 Å². The van der Waals surface area contributed by atoms with Crippen molar-refractivity contribution in [2.45, 2.75) is 32.8 Å². The van der Waals surface area contributed by atoms with Crippen LogP contribution >= 0.6 is 0 Å². The van der Waals surface area contributed by atoms with E-state index in [0.717, 1.165) is 27.9 Å². The fraction of sp³-hybridized carbons (Fsp3) is 0.294. The Balaban J connectivity index is 1.68. The number of nitrogens with zero attached hydrogens (tertiary/aromatic N) is 2. The van der Waals surface area contributed by atoms with Gasteiger partial charge in [-0.2, -0.15) is 0 Å². The fourth-order valence-corrected chi connectivity index (χ4v) is 3.13. The Kier molecular flexibility index (Phi) is 3.41. The standard InChI is InChI=1S/C17H16N4O3/c1-9-6-11(19-16-13(9)8-24-17(23)21-16)7-10-4-5-18-15-12(10)2-3-14(22)20-15/h4-6H,2-3,7-8H2,1H3,(H,18,20,22)(H,19,21,23). The number of amides is 2.